The van der Waals surface area contributed by atoms with Crippen molar-refractivity contribution in [2.24, 2.45) is 11.8 Å². The number of carbonyl (C=O) groups excluding carboxylic acids is 1. The van der Waals surface area contributed by atoms with Crippen LogP contribution in [0.3, 0.4) is 0 Å². The van der Waals surface area contributed by atoms with E-state index in [0.717, 1.165) is 51.8 Å². The Kier molecular flexibility index (Phi) is 4.93. The molecule has 1 saturated carbocycles. The van der Waals surface area contributed by atoms with Crippen LogP contribution in [0.1, 0.15) is 44.9 Å². The van der Waals surface area contributed by atoms with Gasteiger partial charge in [0.1, 0.15) is 0 Å². The molecule has 3 heterocycles. The summed E-state index contributed by atoms with van der Waals surface area (Å²) in [7, 11) is 0. The van der Waals surface area contributed by atoms with E-state index >= 15 is 0 Å². The molecule has 2 saturated heterocycles. The first-order valence-electron chi connectivity index (χ1n) is 9.71. The normalized spacial score (nSPS) is 25.3. The molecule has 4 rings (SSSR count). The topological polar surface area (TPSA) is 51.7 Å². The van der Waals surface area contributed by atoms with Gasteiger partial charge in [-0.05, 0) is 56.4 Å². The fourth-order valence-electron chi connectivity index (χ4n) is 4.32. The first-order valence-corrected chi connectivity index (χ1v) is 9.71. The van der Waals surface area contributed by atoms with Crippen molar-refractivity contribution < 1.29 is 14.3 Å². The second-order valence-corrected chi connectivity index (χ2v) is 7.73. The van der Waals surface area contributed by atoms with Crippen LogP contribution in [0, 0.1) is 11.8 Å². The number of carbonyl (C=O) groups is 1. The third-order valence-corrected chi connectivity index (χ3v) is 6.08. The molecular weight excluding hydrogens is 316 g/mol. The molecule has 0 N–H and O–H groups in total. The maximum Gasteiger partial charge on any atom is 0.222 e. The van der Waals surface area contributed by atoms with E-state index in [0.29, 0.717) is 30.2 Å². The first-order chi connectivity index (χ1) is 12.3. The van der Waals surface area contributed by atoms with Crippen molar-refractivity contribution in [1.29, 1.82) is 0 Å². The molecule has 1 amide bonds. The summed E-state index contributed by atoms with van der Waals surface area (Å²) in [6.45, 7) is 3.22. The summed E-state index contributed by atoms with van der Waals surface area (Å²) >= 11 is 0. The van der Waals surface area contributed by atoms with E-state index in [1.165, 1.54) is 12.8 Å². The van der Waals surface area contributed by atoms with Crippen LogP contribution < -0.4 is 4.74 Å². The average Bonchev–Trinajstić information content (AvgIpc) is 3.38. The zero-order valence-electron chi connectivity index (χ0n) is 14.9. The van der Waals surface area contributed by atoms with Gasteiger partial charge in [-0.3, -0.25) is 4.79 Å². The molecule has 1 aromatic heterocycles. The molecule has 1 spiro atoms. The summed E-state index contributed by atoms with van der Waals surface area (Å²) in [6.07, 6.45) is 9.03. The van der Waals surface area contributed by atoms with Crippen molar-refractivity contribution >= 4 is 5.91 Å². The maximum absolute atomic E-state index is 12.3. The van der Waals surface area contributed by atoms with Crippen LogP contribution >= 0.6 is 0 Å². The minimum absolute atomic E-state index is 0.0379. The van der Waals surface area contributed by atoms with Crippen molar-refractivity contribution in [3.8, 4) is 5.88 Å². The van der Waals surface area contributed by atoms with Gasteiger partial charge < -0.3 is 14.4 Å². The van der Waals surface area contributed by atoms with Gasteiger partial charge in [-0.2, -0.15) is 0 Å². The van der Waals surface area contributed by atoms with Crippen molar-refractivity contribution in [3.63, 3.8) is 0 Å². The number of ether oxygens (including phenoxy) is 2. The van der Waals surface area contributed by atoms with Gasteiger partial charge in [0.05, 0.1) is 12.2 Å². The first kappa shape index (κ1) is 16.8. The van der Waals surface area contributed by atoms with Gasteiger partial charge in [0, 0.05) is 38.4 Å². The van der Waals surface area contributed by atoms with E-state index in [1.54, 1.807) is 6.20 Å². The molecule has 136 valence electrons. The van der Waals surface area contributed by atoms with E-state index in [-0.39, 0.29) is 5.60 Å². The Morgan fingerprint density at radius 2 is 2.12 bits per heavy atom. The zero-order chi connectivity index (χ0) is 17.1. The van der Waals surface area contributed by atoms with Crippen LogP contribution in [0.25, 0.3) is 0 Å². The Morgan fingerprint density at radius 1 is 1.28 bits per heavy atom. The molecule has 3 fully saturated rings. The third-order valence-electron chi connectivity index (χ3n) is 6.08. The summed E-state index contributed by atoms with van der Waals surface area (Å²) in [5.74, 6) is 2.24. The third kappa shape index (κ3) is 3.97. The number of rotatable bonds is 6. The fraction of sp³-hybridized carbons (Fsp3) is 0.700. The van der Waals surface area contributed by atoms with E-state index in [2.05, 4.69) is 9.88 Å². The predicted octanol–water partition coefficient (Wildman–Crippen LogP) is 3.05. The Hall–Kier alpha value is -1.62. The number of hydrogen-bond donors (Lipinski definition) is 0. The van der Waals surface area contributed by atoms with Gasteiger partial charge in [0.15, 0.2) is 0 Å². The highest BCUT2D eigenvalue weighted by atomic mass is 16.5. The van der Waals surface area contributed by atoms with Crippen LogP contribution in [0.2, 0.25) is 0 Å². The van der Waals surface area contributed by atoms with Crippen LogP contribution in [-0.2, 0) is 9.53 Å². The minimum atomic E-state index is -0.0379. The lowest BCUT2D eigenvalue weighted by atomic mass is 9.78. The second-order valence-electron chi connectivity index (χ2n) is 7.73. The van der Waals surface area contributed by atoms with Crippen LogP contribution in [0.5, 0.6) is 5.88 Å². The van der Waals surface area contributed by atoms with Gasteiger partial charge in [-0.15, -0.1) is 0 Å². The van der Waals surface area contributed by atoms with Crippen LogP contribution in [-0.4, -0.2) is 47.7 Å². The molecule has 25 heavy (non-hydrogen) atoms. The van der Waals surface area contributed by atoms with E-state index < -0.39 is 0 Å². The lowest BCUT2D eigenvalue weighted by Gasteiger charge is -2.42. The molecule has 1 unspecified atom stereocenters. The van der Waals surface area contributed by atoms with Gasteiger partial charge in [-0.1, -0.05) is 6.07 Å². The molecular formula is C20H28N2O3. The Balaban J connectivity index is 1.26. The molecule has 0 bridgehead atoms. The number of nitrogens with zero attached hydrogens (tertiary/aromatic N) is 2. The molecule has 1 aliphatic carbocycles. The fourth-order valence-corrected chi connectivity index (χ4v) is 4.32. The van der Waals surface area contributed by atoms with E-state index in [4.69, 9.17) is 9.47 Å². The summed E-state index contributed by atoms with van der Waals surface area (Å²) in [6, 6.07) is 5.73. The van der Waals surface area contributed by atoms with Crippen LogP contribution in [0.15, 0.2) is 24.4 Å². The number of likely N-dealkylation sites (tertiary alicyclic amines) is 1. The lowest BCUT2D eigenvalue weighted by molar-refractivity contribution is -0.138. The molecule has 0 aromatic carbocycles. The van der Waals surface area contributed by atoms with Crippen molar-refractivity contribution in [2.45, 2.75) is 50.5 Å². The largest absolute Gasteiger partial charge is 0.478 e. The average molecular weight is 344 g/mol. The van der Waals surface area contributed by atoms with Gasteiger partial charge in [0.25, 0.3) is 0 Å². The van der Waals surface area contributed by atoms with E-state index in [1.807, 2.05) is 18.2 Å². The molecule has 2 aliphatic heterocycles. The monoisotopic (exact) mass is 344 g/mol. The maximum atomic E-state index is 12.3. The Labute approximate surface area is 149 Å². The molecule has 1 atom stereocenters. The number of pyridine rings is 1. The van der Waals surface area contributed by atoms with Crippen molar-refractivity contribution in [1.82, 2.24) is 9.88 Å². The zero-order valence-corrected chi connectivity index (χ0v) is 14.9. The van der Waals surface area contributed by atoms with Crippen LogP contribution in [0.4, 0.5) is 0 Å². The highest BCUT2D eigenvalue weighted by molar-refractivity contribution is 5.76. The Bertz CT molecular complexity index is 580. The summed E-state index contributed by atoms with van der Waals surface area (Å²) in [5, 5.41) is 0. The lowest BCUT2D eigenvalue weighted by Crippen LogP contribution is -2.49. The number of hydrogen-bond acceptors (Lipinski definition) is 4. The molecule has 1 aromatic rings. The number of piperidine rings is 1. The number of aromatic nitrogens is 1. The number of amides is 1. The molecule has 5 nitrogen and oxygen atoms in total. The molecule has 0 radical (unpaired) electrons. The smallest absolute Gasteiger partial charge is 0.222 e. The predicted molar refractivity (Wildman–Crippen MR) is 94.3 cm³/mol. The molecule has 3 aliphatic rings. The summed E-state index contributed by atoms with van der Waals surface area (Å²) in [4.78, 5) is 18.6. The molecule has 5 heteroatoms. The standard InChI is InChI=1S/C20H28N2O3/c23-19(15-16-4-5-16)22-11-8-20(9-12-22)17(7-14-25-20)6-13-24-18-3-1-2-10-21-18/h1-3,10,16-17H,4-9,11-15H2. The Morgan fingerprint density at radius 3 is 2.84 bits per heavy atom. The van der Waals surface area contributed by atoms with Crippen molar-refractivity contribution in [2.75, 3.05) is 26.3 Å². The highest BCUT2D eigenvalue weighted by Crippen LogP contribution is 2.43. The quantitative estimate of drug-likeness (QED) is 0.796. The summed E-state index contributed by atoms with van der Waals surface area (Å²) in [5.41, 5.74) is -0.0379. The second kappa shape index (κ2) is 7.32. The summed E-state index contributed by atoms with van der Waals surface area (Å²) < 4.78 is 12.0. The minimum Gasteiger partial charge on any atom is -0.478 e. The van der Waals surface area contributed by atoms with Gasteiger partial charge in [-0.25, -0.2) is 4.98 Å². The van der Waals surface area contributed by atoms with Crippen molar-refractivity contribution in [3.05, 3.63) is 24.4 Å². The van der Waals surface area contributed by atoms with Gasteiger partial charge in [0.2, 0.25) is 11.8 Å². The SMILES string of the molecule is O=C(CC1CC1)N1CCC2(CC1)OCCC2CCOc1ccccn1. The van der Waals surface area contributed by atoms with Gasteiger partial charge >= 0.3 is 0 Å². The highest BCUT2D eigenvalue weighted by Gasteiger charge is 2.46. The van der Waals surface area contributed by atoms with E-state index in [9.17, 15) is 4.79 Å².